The van der Waals surface area contributed by atoms with Crippen LogP contribution in [0.5, 0.6) is 17.4 Å². The van der Waals surface area contributed by atoms with Gasteiger partial charge in [-0.3, -0.25) is 4.79 Å². The summed E-state index contributed by atoms with van der Waals surface area (Å²) >= 11 is 0. The summed E-state index contributed by atoms with van der Waals surface area (Å²) in [6.45, 7) is 3.74. The lowest BCUT2D eigenvalue weighted by Gasteiger charge is -2.11. The molecular weight excluding hydrogens is 244 g/mol. The van der Waals surface area contributed by atoms with Gasteiger partial charge in [0.15, 0.2) is 17.8 Å². The molecule has 1 aromatic heterocycles. The van der Waals surface area contributed by atoms with Gasteiger partial charge in [0.2, 0.25) is 5.88 Å². The molecule has 0 radical (unpaired) electrons. The Hall–Kier alpha value is -2.30. The summed E-state index contributed by atoms with van der Waals surface area (Å²) in [6, 6.07) is 5.60. The summed E-state index contributed by atoms with van der Waals surface area (Å²) in [5.41, 5.74) is 2.16. The number of ether oxygens (including phenoxy) is 2. The summed E-state index contributed by atoms with van der Waals surface area (Å²) < 4.78 is 12.6. The second kappa shape index (κ2) is 5.14. The van der Waals surface area contributed by atoms with Crippen LogP contribution in [-0.4, -0.2) is 23.2 Å². The Morgan fingerprint density at radius 1 is 1.26 bits per heavy atom. The number of hydrogen-bond acceptors (Lipinski definition) is 4. The van der Waals surface area contributed by atoms with Gasteiger partial charge in [-0.1, -0.05) is 6.07 Å². The third kappa shape index (κ3) is 2.45. The molecule has 0 aliphatic rings. The Labute approximate surface area is 111 Å². The number of nitrogens with zero attached hydrogens (tertiary/aromatic N) is 2. The molecule has 0 amide bonds. The van der Waals surface area contributed by atoms with Gasteiger partial charge < -0.3 is 9.47 Å². The zero-order valence-corrected chi connectivity index (χ0v) is 11.4. The third-order valence-corrected chi connectivity index (χ3v) is 2.86. The molecule has 0 bridgehead atoms. The van der Waals surface area contributed by atoms with Gasteiger partial charge in [-0.2, -0.15) is 5.10 Å². The number of carbonyl (C=O) groups excluding carboxylic acids is 1. The van der Waals surface area contributed by atoms with Crippen LogP contribution in [0.3, 0.4) is 0 Å². The smallest absolute Gasteiger partial charge is 0.228 e. The zero-order valence-electron chi connectivity index (χ0n) is 11.4. The molecule has 0 saturated heterocycles. The molecule has 0 unspecified atom stereocenters. The second-order valence-corrected chi connectivity index (χ2v) is 4.30. The van der Waals surface area contributed by atoms with Gasteiger partial charge in [-0.25, -0.2) is 4.68 Å². The van der Waals surface area contributed by atoms with Crippen LogP contribution >= 0.6 is 0 Å². The first-order valence-corrected chi connectivity index (χ1v) is 5.88. The SMILES string of the molecule is COc1cc(C)ccc1Oc1c(C=O)c(C)nn1C. The molecule has 100 valence electrons. The van der Waals surface area contributed by atoms with Crippen LogP contribution in [-0.2, 0) is 7.05 Å². The number of aromatic nitrogens is 2. The fourth-order valence-electron chi connectivity index (χ4n) is 1.87. The molecular formula is C14H16N2O3. The van der Waals surface area contributed by atoms with E-state index in [-0.39, 0.29) is 0 Å². The summed E-state index contributed by atoms with van der Waals surface area (Å²) in [7, 11) is 3.31. The fraction of sp³-hybridized carbons (Fsp3) is 0.286. The molecule has 1 heterocycles. The van der Waals surface area contributed by atoms with Crippen LogP contribution in [0.4, 0.5) is 0 Å². The van der Waals surface area contributed by atoms with E-state index in [1.807, 2.05) is 25.1 Å². The molecule has 0 N–H and O–H groups in total. The molecule has 0 atom stereocenters. The van der Waals surface area contributed by atoms with Crippen molar-refractivity contribution in [1.82, 2.24) is 9.78 Å². The molecule has 5 nitrogen and oxygen atoms in total. The van der Waals surface area contributed by atoms with E-state index in [9.17, 15) is 4.79 Å². The van der Waals surface area contributed by atoms with Crippen molar-refractivity contribution in [3.8, 4) is 17.4 Å². The summed E-state index contributed by atoms with van der Waals surface area (Å²) in [4.78, 5) is 11.1. The molecule has 1 aromatic carbocycles. The molecule has 0 aliphatic heterocycles. The maximum absolute atomic E-state index is 11.1. The van der Waals surface area contributed by atoms with Gasteiger partial charge in [-0.05, 0) is 31.5 Å². The highest BCUT2D eigenvalue weighted by molar-refractivity contribution is 5.80. The van der Waals surface area contributed by atoms with E-state index >= 15 is 0 Å². The van der Waals surface area contributed by atoms with Crippen LogP contribution in [0.25, 0.3) is 0 Å². The number of carbonyl (C=O) groups is 1. The van der Waals surface area contributed by atoms with E-state index in [2.05, 4.69) is 5.10 Å². The van der Waals surface area contributed by atoms with Crippen LogP contribution in [0.1, 0.15) is 21.6 Å². The Kier molecular flexibility index (Phi) is 3.55. The minimum Gasteiger partial charge on any atom is -0.493 e. The van der Waals surface area contributed by atoms with Gasteiger partial charge >= 0.3 is 0 Å². The predicted octanol–water partition coefficient (Wildman–Crippen LogP) is 2.65. The number of benzene rings is 1. The number of methoxy groups -OCH3 is 1. The molecule has 5 heteroatoms. The number of aryl methyl sites for hydroxylation is 3. The lowest BCUT2D eigenvalue weighted by Crippen LogP contribution is -1.98. The molecule has 19 heavy (non-hydrogen) atoms. The maximum atomic E-state index is 11.1. The highest BCUT2D eigenvalue weighted by Gasteiger charge is 2.16. The van der Waals surface area contributed by atoms with Crippen molar-refractivity contribution in [2.75, 3.05) is 7.11 Å². The van der Waals surface area contributed by atoms with E-state index < -0.39 is 0 Å². The number of aldehydes is 1. The first-order valence-electron chi connectivity index (χ1n) is 5.88. The largest absolute Gasteiger partial charge is 0.493 e. The van der Waals surface area contributed by atoms with Gasteiger partial charge in [0.1, 0.15) is 0 Å². The van der Waals surface area contributed by atoms with E-state index in [0.717, 1.165) is 11.8 Å². The standard InChI is InChI=1S/C14H16N2O3/c1-9-5-6-12(13(7-9)18-4)19-14-11(8-17)10(2)15-16(14)3/h5-8H,1-4H3. The molecule has 0 saturated carbocycles. The van der Waals surface area contributed by atoms with Gasteiger partial charge in [0.25, 0.3) is 0 Å². The minimum atomic E-state index is 0.412. The van der Waals surface area contributed by atoms with E-state index in [1.54, 1.807) is 25.8 Å². The highest BCUT2D eigenvalue weighted by Crippen LogP contribution is 2.33. The van der Waals surface area contributed by atoms with E-state index in [4.69, 9.17) is 9.47 Å². The highest BCUT2D eigenvalue weighted by atomic mass is 16.5. The molecule has 0 spiro atoms. The number of hydrogen-bond donors (Lipinski definition) is 0. The maximum Gasteiger partial charge on any atom is 0.228 e. The van der Waals surface area contributed by atoms with Crippen LogP contribution in [0.2, 0.25) is 0 Å². The summed E-state index contributed by atoms with van der Waals surface area (Å²) in [5, 5.41) is 4.17. The molecule has 0 fully saturated rings. The van der Waals surface area contributed by atoms with E-state index in [0.29, 0.717) is 28.6 Å². The first-order chi connectivity index (χ1) is 9.06. The quantitative estimate of drug-likeness (QED) is 0.793. The lowest BCUT2D eigenvalue weighted by molar-refractivity contribution is 0.112. The van der Waals surface area contributed by atoms with E-state index in [1.165, 1.54) is 0 Å². The van der Waals surface area contributed by atoms with Crippen molar-refractivity contribution in [1.29, 1.82) is 0 Å². The Bertz CT molecular complexity index is 617. The Morgan fingerprint density at radius 2 is 2.00 bits per heavy atom. The summed E-state index contributed by atoms with van der Waals surface area (Å²) in [5.74, 6) is 1.59. The fourth-order valence-corrected chi connectivity index (χ4v) is 1.87. The van der Waals surface area contributed by atoms with Gasteiger partial charge in [0.05, 0.1) is 18.4 Å². The van der Waals surface area contributed by atoms with Crippen LogP contribution in [0.15, 0.2) is 18.2 Å². The molecule has 0 aliphatic carbocycles. The monoisotopic (exact) mass is 260 g/mol. The third-order valence-electron chi connectivity index (χ3n) is 2.86. The van der Waals surface area contributed by atoms with Crippen molar-refractivity contribution in [3.05, 3.63) is 35.0 Å². The Balaban J connectivity index is 2.44. The minimum absolute atomic E-state index is 0.412. The topological polar surface area (TPSA) is 53.4 Å². The van der Waals surface area contributed by atoms with Gasteiger partial charge in [-0.15, -0.1) is 0 Å². The average Bonchev–Trinajstić information content (AvgIpc) is 2.65. The molecule has 2 rings (SSSR count). The normalized spacial score (nSPS) is 10.3. The predicted molar refractivity (Wildman–Crippen MR) is 71.1 cm³/mol. The zero-order chi connectivity index (χ0) is 14.0. The van der Waals surface area contributed by atoms with Crippen LogP contribution in [0, 0.1) is 13.8 Å². The van der Waals surface area contributed by atoms with Crippen molar-refractivity contribution in [2.24, 2.45) is 7.05 Å². The first kappa shape index (κ1) is 13.1. The summed E-state index contributed by atoms with van der Waals surface area (Å²) in [6.07, 6.45) is 0.748. The van der Waals surface area contributed by atoms with Gasteiger partial charge in [0, 0.05) is 7.05 Å². The number of rotatable bonds is 4. The van der Waals surface area contributed by atoms with Crippen molar-refractivity contribution in [3.63, 3.8) is 0 Å². The molecule has 2 aromatic rings. The average molecular weight is 260 g/mol. The van der Waals surface area contributed by atoms with Crippen molar-refractivity contribution >= 4 is 6.29 Å². The second-order valence-electron chi connectivity index (χ2n) is 4.30. The lowest BCUT2D eigenvalue weighted by atomic mass is 10.2. The van der Waals surface area contributed by atoms with Crippen LogP contribution < -0.4 is 9.47 Å². The van der Waals surface area contributed by atoms with Crippen molar-refractivity contribution < 1.29 is 14.3 Å². The Morgan fingerprint density at radius 3 is 2.63 bits per heavy atom. The van der Waals surface area contributed by atoms with Crippen molar-refractivity contribution in [2.45, 2.75) is 13.8 Å².